The van der Waals surface area contributed by atoms with Crippen molar-refractivity contribution >= 4 is 29.2 Å². The number of carboxylic acid groups (broad SMARTS) is 1. The normalized spacial score (nSPS) is 19.8. The number of para-hydroxylation sites is 1. The predicted octanol–water partition coefficient (Wildman–Crippen LogP) is 3.17. The summed E-state index contributed by atoms with van der Waals surface area (Å²) < 4.78 is 5.61. The smallest absolute Gasteiger partial charge is 0.307 e. The Bertz CT molecular complexity index is 461. The van der Waals surface area contributed by atoms with Crippen molar-refractivity contribution in [1.29, 1.82) is 0 Å². The van der Waals surface area contributed by atoms with Crippen LogP contribution in [0, 0.1) is 5.92 Å². The molecule has 1 unspecified atom stereocenters. The summed E-state index contributed by atoms with van der Waals surface area (Å²) >= 11 is 12.0. The second kappa shape index (κ2) is 7.16. The van der Waals surface area contributed by atoms with Crippen LogP contribution < -0.4 is 4.74 Å². The first-order valence-electron chi connectivity index (χ1n) is 6.60. The van der Waals surface area contributed by atoms with Gasteiger partial charge in [0.2, 0.25) is 0 Å². The van der Waals surface area contributed by atoms with Crippen molar-refractivity contribution in [2.45, 2.75) is 12.8 Å². The van der Waals surface area contributed by atoms with E-state index in [4.69, 9.17) is 33.0 Å². The average Bonchev–Trinajstić information content (AvgIpc) is 2.42. The van der Waals surface area contributed by atoms with E-state index >= 15 is 0 Å². The second-order valence-electron chi connectivity index (χ2n) is 4.88. The molecule has 2 rings (SSSR count). The molecule has 1 N–H and O–H groups in total. The number of ether oxygens (including phenoxy) is 1. The number of halogens is 2. The van der Waals surface area contributed by atoms with Crippen LogP contribution >= 0.6 is 23.2 Å². The van der Waals surface area contributed by atoms with Gasteiger partial charge < -0.3 is 9.84 Å². The maximum Gasteiger partial charge on any atom is 0.307 e. The molecular weight excluding hydrogens is 301 g/mol. The summed E-state index contributed by atoms with van der Waals surface area (Å²) in [5, 5.41) is 10.0. The third-order valence-corrected chi connectivity index (χ3v) is 4.02. The van der Waals surface area contributed by atoms with Gasteiger partial charge in [-0.15, -0.1) is 0 Å². The van der Waals surface area contributed by atoms with Crippen LogP contribution in [0.2, 0.25) is 10.0 Å². The highest BCUT2D eigenvalue weighted by Gasteiger charge is 2.25. The van der Waals surface area contributed by atoms with E-state index in [1.54, 1.807) is 18.2 Å². The monoisotopic (exact) mass is 317 g/mol. The zero-order valence-electron chi connectivity index (χ0n) is 11.0. The van der Waals surface area contributed by atoms with Gasteiger partial charge in [-0.2, -0.15) is 0 Å². The average molecular weight is 318 g/mol. The molecule has 1 saturated heterocycles. The number of piperidine rings is 1. The minimum Gasteiger partial charge on any atom is -0.489 e. The topological polar surface area (TPSA) is 49.8 Å². The Hall–Kier alpha value is -0.970. The maximum atomic E-state index is 11.0. The number of hydrogen-bond acceptors (Lipinski definition) is 3. The fourth-order valence-electron chi connectivity index (χ4n) is 2.36. The van der Waals surface area contributed by atoms with Gasteiger partial charge >= 0.3 is 5.97 Å². The molecule has 1 aliphatic heterocycles. The fraction of sp³-hybridized carbons (Fsp3) is 0.500. The van der Waals surface area contributed by atoms with Crippen molar-refractivity contribution in [3.8, 4) is 5.75 Å². The van der Waals surface area contributed by atoms with Gasteiger partial charge in [0.15, 0.2) is 5.75 Å². The van der Waals surface area contributed by atoms with Crippen LogP contribution in [0.5, 0.6) is 5.75 Å². The molecule has 0 saturated carbocycles. The number of nitrogens with zero attached hydrogens (tertiary/aromatic N) is 1. The Morgan fingerprint density at radius 2 is 2.10 bits per heavy atom. The summed E-state index contributed by atoms with van der Waals surface area (Å²) in [7, 11) is 0. The summed E-state index contributed by atoms with van der Waals surface area (Å²) in [4.78, 5) is 13.1. The number of likely N-dealkylation sites (tertiary alicyclic amines) is 1. The third kappa shape index (κ3) is 4.01. The van der Waals surface area contributed by atoms with E-state index in [9.17, 15) is 4.79 Å². The molecule has 1 aliphatic rings. The Morgan fingerprint density at radius 3 is 2.75 bits per heavy atom. The first-order chi connectivity index (χ1) is 9.58. The number of carboxylic acids is 1. The Labute approximate surface area is 128 Å². The first kappa shape index (κ1) is 15.4. The molecule has 20 heavy (non-hydrogen) atoms. The molecule has 0 aliphatic carbocycles. The van der Waals surface area contributed by atoms with E-state index < -0.39 is 5.97 Å². The van der Waals surface area contributed by atoms with E-state index in [1.807, 2.05) is 0 Å². The van der Waals surface area contributed by atoms with E-state index in [2.05, 4.69) is 4.90 Å². The number of benzene rings is 1. The highest BCUT2D eigenvalue weighted by atomic mass is 35.5. The Balaban J connectivity index is 1.82. The van der Waals surface area contributed by atoms with E-state index in [0.717, 1.165) is 19.4 Å². The molecule has 6 heteroatoms. The molecule has 1 aromatic carbocycles. The molecule has 1 atom stereocenters. The Morgan fingerprint density at radius 1 is 1.40 bits per heavy atom. The quantitative estimate of drug-likeness (QED) is 0.906. The molecule has 0 bridgehead atoms. The van der Waals surface area contributed by atoms with Crippen LogP contribution in [-0.4, -0.2) is 42.2 Å². The van der Waals surface area contributed by atoms with Gasteiger partial charge in [0, 0.05) is 13.1 Å². The molecule has 0 radical (unpaired) electrons. The second-order valence-corrected chi connectivity index (χ2v) is 5.69. The van der Waals surface area contributed by atoms with Gasteiger partial charge in [-0.25, -0.2) is 0 Å². The van der Waals surface area contributed by atoms with Gasteiger partial charge in [0.05, 0.1) is 16.0 Å². The summed E-state index contributed by atoms with van der Waals surface area (Å²) in [6, 6.07) is 5.22. The number of aliphatic carboxylic acids is 1. The lowest BCUT2D eigenvalue weighted by Gasteiger charge is -2.30. The summed E-state index contributed by atoms with van der Waals surface area (Å²) in [6.45, 7) is 2.60. The van der Waals surface area contributed by atoms with Crippen LogP contribution in [0.25, 0.3) is 0 Å². The van der Waals surface area contributed by atoms with Crippen molar-refractivity contribution in [3.63, 3.8) is 0 Å². The highest BCUT2D eigenvalue weighted by molar-refractivity contribution is 6.37. The molecule has 0 spiro atoms. The number of rotatable bonds is 5. The zero-order valence-corrected chi connectivity index (χ0v) is 12.5. The largest absolute Gasteiger partial charge is 0.489 e. The van der Waals surface area contributed by atoms with Crippen LogP contribution in [0.1, 0.15) is 12.8 Å². The lowest BCUT2D eigenvalue weighted by Crippen LogP contribution is -2.40. The van der Waals surface area contributed by atoms with Gasteiger partial charge in [-0.3, -0.25) is 9.69 Å². The molecule has 0 aromatic heterocycles. The molecular formula is C14H17Cl2NO3. The summed E-state index contributed by atoms with van der Waals surface area (Å²) in [5.41, 5.74) is 0. The van der Waals surface area contributed by atoms with Gasteiger partial charge in [-0.05, 0) is 31.5 Å². The van der Waals surface area contributed by atoms with Crippen LogP contribution in [0.15, 0.2) is 18.2 Å². The van der Waals surface area contributed by atoms with E-state index in [-0.39, 0.29) is 5.92 Å². The summed E-state index contributed by atoms with van der Waals surface area (Å²) in [6.07, 6.45) is 1.66. The molecule has 0 amide bonds. The number of carbonyl (C=O) groups is 1. The lowest BCUT2D eigenvalue weighted by molar-refractivity contribution is -0.143. The van der Waals surface area contributed by atoms with Crippen molar-refractivity contribution in [3.05, 3.63) is 28.2 Å². The van der Waals surface area contributed by atoms with Gasteiger partial charge in [0.1, 0.15) is 6.61 Å². The SMILES string of the molecule is O=C(O)C1CCCN(CCOc2c(Cl)cccc2Cl)C1. The fourth-order valence-corrected chi connectivity index (χ4v) is 2.86. The van der Waals surface area contributed by atoms with E-state index in [1.165, 1.54) is 0 Å². The first-order valence-corrected chi connectivity index (χ1v) is 7.35. The van der Waals surface area contributed by atoms with Crippen molar-refractivity contribution in [1.82, 2.24) is 4.90 Å². The third-order valence-electron chi connectivity index (χ3n) is 3.43. The minimum atomic E-state index is -0.718. The zero-order chi connectivity index (χ0) is 14.5. The molecule has 4 nitrogen and oxygen atoms in total. The van der Waals surface area contributed by atoms with Crippen molar-refractivity contribution in [2.75, 3.05) is 26.2 Å². The predicted molar refractivity (Wildman–Crippen MR) is 78.8 cm³/mol. The molecule has 110 valence electrons. The van der Waals surface area contributed by atoms with Crippen LogP contribution in [0.4, 0.5) is 0 Å². The Kier molecular flexibility index (Phi) is 5.52. The molecule has 1 aromatic rings. The lowest BCUT2D eigenvalue weighted by atomic mass is 9.98. The van der Waals surface area contributed by atoms with Crippen LogP contribution in [0.3, 0.4) is 0 Å². The highest BCUT2D eigenvalue weighted by Crippen LogP contribution is 2.32. The van der Waals surface area contributed by atoms with Crippen LogP contribution in [-0.2, 0) is 4.79 Å². The summed E-state index contributed by atoms with van der Waals surface area (Å²) in [5.74, 6) is -0.500. The van der Waals surface area contributed by atoms with Gasteiger partial charge in [0.25, 0.3) is 0 Å². The van der Waals surface area contributed by atoms with E-state index in [0.29, 0.717) is 35.5 Å². The minimum absolute atomic E-state index is 0.271. The maximum absolute atomic E-state index is 11.0. The molecule has 1 fully saturated rings. The molecule has 1 heterocycles. The van der Waals surface area contributed by atoms with Gasteiger partial charge in [-0.1, -0.05) is 29.3 Å². The standard InChI is InChI=1S/C14H17Cl2NO3/c15-11-4-1-5-12(16)13(11)20-8-7-17-6-2-3-10(9-17)14(18)19/h1,4-5,10H,2-3,6-9H2,(H,18,19). The van der Waals surface area contributed by atoms with Crippen molar-refractivity contribution in [2.24, 2.45) is 5.92 Å². The van der Waals surface area contributed by atoms with Crippen molar-refractivity contribution < 1.29 is 14.6 Å². The number of hydrogen-bond donors (Lipinski definition) is 1.